The van der Waals surface area contributed by atoms with Crippen LogP contribution in [-0.2, 0) is 6.54 Å². The van der Waals surface area contributed by atoms with Crippen LogP contribution >= 0.6 is 11.6 Å². The van der Waals surface area contributed by atoms with Crippen LogP contribution in [0.5, 0.6) is 5.88 Å². The molecule has 0 spiro atoms. The molecule has 1 atom stereocenters. The molecule has 0 aliphatic carbocycles. The van der Waals surface area contributed by atoms with Crippen molar-refractivity contribution in [3.05, 3.63) is 58.7 Å². The molecule has 2 rings (SSSR count). The minimum Gasteiger partial charge on any atom is -0.481 e. The molecule has 19 heavy (non-hydrogen) atoms. The van der Waals surface area contributed by atoms with Crippen molar-refractivity contribution in [1.82, 2.24) is 10.3 Å². The van der Waals surface area contributed by atoms with E-state index >= 15 is 0 Å². The van der Waals surface area contributed by atoms with E-state index in [1.165, 1.54) is 5.56 Å². The summed E-state index contributed by atoms with van der Waals surface area (Å²) in [6, 6.07) is 12.0. The SMILES string of the molecule is COc1ccc(CN[C@@H](C)c2cccc(Cl)c2)cn1. The molecular weight excluding hydrogens is 260 g/mol. The highest BCUT2D eigenvalue weighted by Gasteiger charge is 2.05. The first-order chi connectivity index (χ1) is 9.19. The summed E-state index contributed by atoms with van der Waals surface area (Å²) in [5, 5.41) is 4.20. The average molecular weight is 277 g/mol. The molecule has 2 aromatic rings. The predicted molar refractivity (Wildman–Crippen MR) is 77.5 cm³/mol. The van der Waals surface area contributed by atoms with Gasteiger partial charge in [0.1, 0.15) is 0 Å². The van der Waals surface area contributed by atoms with Crippen LogP contribution in [0, 0.1) is 0 Å². The first-order valence-corrected chi connectivity index (χ1v) is 6.54. The van der Waals surface area contributed by atoms with Gasteiger partial charge >= 0.3 is 0 Å². The number of halogens is 1. The Morgan fingerprint density at radius 3 is 2.79 bits per heavy atom. The van der Waals surface area contributed by atoms with E-state index in [-0.39, 0.29) is 6.04 Å². The molecular formula is C15H17ClN2O. The van der Waals surface area contributed by atoms with Gasteiger partial charge in [0.2, 0.25) is 5.88 Å². The number of methoxy groups -OCH3 is 1. The van der Waals surface area contributed by atoms with Gasteiger partial charge in [0.25, 0.3) is 0 Å². The summed E-state index contributed by atoms with van der Waals surface area (Å²) in [6.07, 6.45) is 1.82. The lowest BCUT2D eigenvalue weighted by Gasteiger charge is -2.14. The molecule has 1 aromatic carbocycles. The van der Waals surface area contributed by atoms with E-state index in [1.54, 1.807) is 7.11 Å². The monoisotopic (exact) mass is 276 g/mol. The van der Waals surface area contributed by atoms with Crippen molar-refractivity contribution in [3.8, 4) is 5.88 Å². The summed E-state index contributed by atoms with van der Waals surface area (Å²) in [5.74, 6) is 0.631. The Morgan fingerprint density at radius 1 is 1.32 bits per heavy atom. The van der Waals surface area contributed by atoms with E-state index in [4.69, 9.17) is 16.3 Å². The number of ether oxygens (including phenoxy) is 1. The van der Waals surface area contributed by atoms with E-state index in [1.807, 2.05) is 36.5 Å². The summed E-state index contributed by atoms with van der Waals surface area (Å²) in [4.78, 5) is 4.18. The fourth-order valence-electron chi connectivity index (χ4n) is 1.80. The molecule has 0 saturated heterocycles. The van der Waals surface area contributed by atoms with Crippen LogP contribution in [0.3, 0.4) is 0 Å². The number of nitrogens with zero attached hydrogens (tertiary/aromatic N) is 1. The highest BCUT2D eigenvalue weighted by atomic mass is 35.5. The summed E-state index contributed by atoms with van der Waals surface area (Å²) in [5.41, 5.74) is 2.30. The standard InChI is InChI=1S/C15H17ClN2O/c1-11(13-4-3-5-14(16)8-13)17-9-12-6-7-15(19-2)18-10-12/h3-8,10-11,17H,9H2,1-2H3/t11-/m0/s1. The molecule has 0 bridgehead atoms. The van der Waals surface area contributed by atoms with Crippen molar-refractivity contribution >= 4 is 11.6 Å². The molecule has 0 aliphatic heterocycles. The van der Waals surface area contributed by atoms with Gasteiger partial charge in [0, 0.05) is 29.9 Å². The Kier molecular flexibility index (Phi) is 4.77. The number of pyridine rings is 1. The third kappa shape index (κ3) is 3.94. The number of aromatic nitrogens is 1. The molecule has 0 fully saturated rings. The highest BCUT2D eigenvalue weighted by molar-refractivity contribution is 6.30. The van der Waals surface area contributed by atoms with Gasteiger partial charge in [-0.1, -0.05) is 29.8 Å². The number of nitrogens with one attached hydrogen (secondary N) is 1. The van der Waals surface area contributed by atoms with Gasteiger partial charge in [-0.05, 0) is 30.2 Å². The predicted octanol–water partition coefficient (Wildman–Crippen LogP) is 3.59. The fourth-order valence-corrected chi connectivity index (χ4v) is 2.00. The lowest BCUT2D eigenvalue weighted by Crippen LogP contribution is -2.18. The van der Waals surface area contributed by atoms with Crippen LogP contribution in [0.1, 0.15) is 24.1 Å². The van der Waals surface area contributed by atoms with E-state index in [2.05, 4.69) is 23.3 Å². The molecule has 0 radical (unpaired) electrons. The van der Waals surface area contributed by atoms with Crippen molar-refractivity contribution in [3.63, 3.8) is 0 Å². The second kappa shape index (κ2) is 6.55. The zero-order chi connectivity index (χ0) is 13.7. The molecule has 3 nitrogen and oxygen atoms in total. The zero-order valence-corrected chi connectivity index (χ0v) is 11.8. The lowest BCUT2D eigenvalue weighted by molar-refractivity contribution is 0.397. The Morgan fingerprint density at radius 2 is 2.16 bits per heavy atom. The van der Waals surface area contributed by atoms with Gasteiger partial charge in [0.05, 0.1) is 7.11 Å². The van der Waals surface area contributed by atoms with E-state index in [0.717, 1.165) is 17.1 Å². The lowest BCUT2D eigenvalue weighted by atomic mass is 10.1. The van der Waals surface area contributed by atoms with Gasteiger partial charge in [-0.25, -0.2) is 4.98 Å². The minimum atomic E-state index is 0.237. The molecule has 100 valence electrons. The van der Waals surface area contributed by atoms with E-state index < -0.39 is 0 Å². The molecule has 0 unspecified atom stereocenters. The molecule has 0 aliphatic rings. The minimum absolute atomic E-state index is 0.237. The second-order valence-electron chi connectivity index (χ2n) is 4.37. The van der Waals surface area contributed by atoms with E-state index in [9.17, 15) is 0 Å². The topological polar surface area (TPSA) is 34.1 Å². The zero-order valence-electron chi connectivity index (χ0n) is 11.1. The van der Waals surface area contributed by atoms with Gasteiger partial charge in [-0.3, -0.25) is 0 Å². The molecule has 0 amide bonds. The van der Waals surface area contributed by atoms with Crippen LogP contribution in [0.2, 0.25) is 5.02 Å². The smallest absolute Gasteiger partial charge is 0.212 e. The average Bonchev–Trinajstić information content (AvgIpc) is 2.45. The molecule has 1 N–H and O–H groups in total. The molecule has 1 heterocycles. The second-order valence-corrected chi connectivity index (χ2v) is 4.80. The van der Waals surface area contributed by atoms with Crippen molar-refractivity contribution < 1.29 is 4.74 Å². The Bertz CT molecular complexity index is 528. The van der Waals surface area contributed by atoms with Crippen LogP contribution < -0.4 is 10.1 Å². The van der Waals surface area contributed by atoms with Crippen LogP contribution in [0.15, 0.2) is 42.6 Å². The third-order valence-electron chi connectivity index (χ3n) is 2.97. The first-order valence-electron chi connectivity index (χ1n) is 6.17. The van der Waals surface area contributed by atoms with Crippen LogP contribution in [0.25, 0.3) is 0 Å². The van der Waals surface area contributed by atoms with Crippen molar-refractivity contribution in [1.29, 1.82) is 0 Å². The summed E-state index contributed by atoms with van der Waals surface area (Å²) < 4.78 is 5.03. The number of benzene rings is 1. The fraction of sp³-hybridized carbons (Fsp3) is 0.267. The van der Waals surface area contributed by atoms with Crippen molar-refractivity contribution in [2.75, 3.05) is 7.11 Å². The first kappa shape index (κ1) is 13.8. The van der Waals surface area contributed by atoms with Gasteiger partial charge in [-0.15, -0.1) is 0 Å². The third-order valence-corrected chi connectivity index (χ3v) is 3.20. The Hall–Kier alpha value is -1.58. The maximum atomic E-state index is 5.99. The Balaban J connectivity index is 1.94. The quantitative estimate of drug-likeness (QED) is 0.906. The summed E-state index contributed by atoms with van der Waals surface area (Å²) in [7, 11) is 1.61. The maximum Gasteiger partial charge on any atom is 0.212 e. The van der Waals surface area contributed by atoms with E-state index in [0.29, 0.717) is 5.88 Å². The van der Waals surface area contributed by atoms with Crippen LogP contribution in [-0.4, -0.2) is 12.1 Å². The number of hydrogen-bond donors (Lipinski definition) is 1. The molecule has 1 aromatic heterocycles. The van der Waals surface area contributed by atoms with Crippen molar-refractivity contribution in [2.45, 2.75) is 19.5 Å². The van der Waals surface area contributed by atoms with Crippen molar-refractivity contribution in [2.24, 2.45) is 0 Å². The van der Waals surface area contributed by atoms with Crippen LogP contribution in [0.4, 0.5) is 0 Å². The number of hydrogen-bond acceptors (Lipinski definition) is 3. The largest absolute Gasteiger partial charge is 0.481 e. The summed E-state index contributed by atoms with van der Waals surface area (Å²) in [6.45, 7) is 2.87. The highest BCUT2D eigenvalue weighted by Crippen LogP contribution is 2.17. The molecule has 4 heteroatoms. The van der Waals surface area contributed by atoms with Gasteiger partial charge in [0.15, 0.2) is 0 Å². The molecule has 0 saturated carbocycles. The normalized spacial score (nSPS) is 12.2. The Labute approximate surface area is 118 Å². The summed E-state index contributed by atoms with van der Waals surface area (Å²) >= 11 is 5.99. The van der Waals surface area contributed by atoms with Gasteiger partial charge in [-0.2, -0.15) is 0 Å². The van der Waals surface area contributed by atoms with Gasteiger partial charge < -0.3 is 10.1 Å². The number of rotatable bonds is 5. The maximum absolute atomic E-state index is 5.99.